The highest BCUT2D eigenvalue weighted by atomic mass is 31.2. The van der Waals surface area contributed by atoms with E-state index in [1.807, 2.05) is 24.3 Å². The first-order valence-electron chi connectivity index (χ1n) is 10.4. The number of carbonyl (C=O) groups excluding carboxylic acids is 1. The molecule has 3 rings (SSSR count). The molecule has 5 N–H and O–H groups in total. The number of hydrogen-bond donors (Lipinski definition) is 5. The van der Waals surface area contributed by atoms with E-state index in [0.717, 1.165) is 11.0 Å². The van der Waals surface area contributed by atoms with Gasteiger partial charge in [0.1, 0.15) is 19.2 Å². The zero-order valence-electron chi connectivity index (χ0n) is 18.9. The Morgan fingerprint density at radius 3 is 2.67 bits per heavy atom. The summed E-state index contributed by atoms with van der Waals surface area (Å²) in [7, 11) is -0.954. The summed E-state index contributed by atoms with van der Waals surface area (Å²) in [6.07, 6.45) is 0.382. The fraction of sp³-hybridized carbons (Fsp3) is 0.304. The predicted molar refractivity (Wildman–Crippen MR) is 132 cm³/mol. The molecule has 174 valence electrons. The number of nitrogens with one attached hydrogen (secondary N) is 5. The van der Waals surface area contributed by atoms with Crippen molar-refractivity contribution in [3.05, 3.63) is 55.1 Å². The van der Waals surface area contributed by atoms with Crippen molar-refractivity contribution >= 4 is 35.4 Å². The summed E-state index contributed by atoms with van der Waals surface area (Å²) >= 11 is 0. The number of amides is 1. The fourth-order valence-electron chi connectivity index (χ4n) is 3.55. The molecule has 1 aliphatic rings. The minimum absolute atomic E-state index is 0.316. The number of methoxy groups -OCH3 is 1. The molecule has 0 aromatic heterocycles. The minimum Gasteiger partial charge on any atom is -0.495 e. The SMILES string of the molecule is C=CC(=O)Nc1ccc(OC)c(NC2NCC(C#N)C(Nc3ccccc3P(C)(C)=O)N2)c1. The second kappa shape index (κ2) is 10.5. The highest BCUT2D eigenvalue weighted by molar-refractivity contribution is 7.70. The van der Waals surface area contributed by atoms with E-state index in [2.05, 4.69) is 39.2 Å². The standard InChI is InChI=1S/C23H29N6O3P/c1-5-21(30)26-16-10-11-19(32-2)18(12-16)28-23-25-14-15(13-24)22(29-23)27-17-8-6-7-9-20(17)33(3,4)31/h5-12,15,22-23,25,27-29H,1,14H2,2-4H3,(H,26,30). The van der Waals surface area contributed by atoms with Crippen LogP contribution in [0.1, 0.15) is 0 Å². The van der Waals surface area contributed by atoms with Crippen molar-refractivity contribution in [1.29, 1.82) is 5.26 Å². The lowest BCUT2D eigenvalue weighted by Crippen LogP contribution is -2.63. The normalized spacial score (nSPS) is 20.2. The number of ether oxygens (including phenoxy) is 1. The van der Waals surface area contributed by atoms with Crippen LogP contribution in [0.2, 0.25) is 0 Å². The van der Waals surface area contributed by atoms with Gasteiger partial charge in [0.05, 0.1) is 31.0 Å². The van der Waals surface area contributed by atoms with Gasteiger partial charge in [0.15, 0.2) is 0 Å². The van der Waals surface area contributed by atoms with E-state index in [1.54, 1.807) is 38.6 Å². The summed E-state index contributed by atoms with van der Waals surface area (Å²) in [5.74, 6) is -0.0985. The molecule has 3 atom stereocenters. The molecule has 1 fully saturated rings. The van der Waals surface area contributed by atoms with Gasteiger partial charge in [-0.25, -0.2) is 0 Å². The minimum atomic E-state index is -2.51. The fourth-order valence-corrected chi connectivity index (χ4v) is 4.72. The molecule has 1 heterocycles. The molecule has 0 bridgehead atoms. The van der Waals surface area contributed by atoms with E-state index in [4.69, 9.17) is 4.74 Å². The van der Waals surface area contributed by atoms with E-state index in [-0.39, 0.29) is 11.8 Å². The van der Waals surface area contributed by atoms with Crippen LogP contribution in [0, 0.1) is 17.2 Å². The number of para-hydroxylation sites is 1. The smallest absolute Gasteiger partial charge is 0.247 e. The molecule has 9 nitrogen and oxygen atoms in total. The maximum absolute atomic E-state index is 12.7. The molecule has 2 aromatic rings. The Kier molecular flexibility index (Phi) is 7.77. The zero-order valence-corrected chi connectivity index (χ0v) is 19.8. The second-order valence-electron chi connectivity index (χ2n) is 7.99. The van der Waals surface area contributed by atoms with Crippen LogP contribution in [0.5, 0.6) is 5.75 Å². The Morgan fingerprint density at radius 2 is 2.00 bits per heavy atom. The van der Waals surface area contributed by atoms with E-state index in [9.17, 15) is 14.6 Å². The first-order chi connectivity index (χ1) is 15.7. The van der Waals surface area contributed by atoms with Gasteiger partial charge in [-0.2, -0.15) is 5.26 Å². The molecule has 0 radical (unpaired) electrons. The van der Waals surface area contributed by atoms with Gasteiger partial charge in [0, 0.05) is 23.2 Å². The van der Waals surface area contributed by atoms with E-state index in [0.29, 0.717) is 23.7 Å². The Morgan fingerprint density at radius 1 is 1.24 bits per heavy atom. The highest BCUT2D eigenvalue weighted by Gasteiger charge is 2.31. The van der Waals surface area contributed by atoms with Crippen molar-refractivity contribution in [3.63, 3.8) is 0 Å². The van der Waals surface area contributed by atoms with Gasteiger partial charge in [0.25, 0.3) is 0 Å². The van der Waals surface area contributed by atoms with E-state index >= 15 is 0 Å². The third kappa shape index (κ3) is 6.14. The highest BCUT2D eigenvalue weighted by Crippen LogP contribution is 2.38. The van der Waals surface area contributed by atoms with Crippen molar-refractivity contribution in [3.8, 4) is 11.8 Å². The van der Waals surface area contributed by atoms with Crippen LogP contribution in [-0.4, -0.2) is 45.3 Å². The number of anilines is 3. The largest absolute Gasteiger partial charge is 0.495 e. The number of nitrogens with zero attached hydrogens (tertiary/aromatic N) is 1. The first-order valence-corrected chi connectivity index (χ1v) is 13.0. The van der Waals surface area contributed by atoms with Crippen LogP contribution >= 0.6 is 7.14 Å². The summed E-state index contributed by atoms with van der Waals surface area (Å²) in [5, 5.41) is 26.4. The molecule has 1 aliphatic heterocycles. The van der Waals surface area contributed by atoms with Gasteiger partial charge in [-0.3, -0.25) is 15.4 Å². The number of hydrogen-bond acceptors (Lipinski definition) is 8. The van der Waals surface area contributed by atoms with Crippen LogP contribution < -0.4 is 36.6 Å². The van der Waals surface area contributed by atoms with Crippen molar-refractivity contribution in [2.75, 3.05) is 42.9 Å². The topological polar surface area (TPSA) is 127 Å². The molecule has 1 amide bonds. The van der Waals surface area contributed by atoms with Gasteiger partial charge < -0.3 is 25.3 Å². The number of benzene rings is 2. The lowest BCUT2D eigenvalue weighted by Gasteiger charge is -2.37. The summed E-state index contributed by atoms with van der Waals surface area (Å²) in [4.78, 5) is 11.7. The Hall–Kier alpha value is -3.31. The lowest BCUT2D eigenvalue weighted by atomic mass is 10.1. The van der Waals surface area contributed by atoms with Crippen molar-refractivity contribution in [2.24, 2.45) is 5.92 Å². The number of nitriles is 1. The maximum Gasteiger partial charge on any atom is 0.247 e. The average molecular weight is 468 g/mol. The first kappa shape index (κ1) is 24.3. The summed E-state index contributed by atoms with van der Waals surface area (Å²) < 4.78 is 18.2. The van der Waals surface area contributed by atoms with Crippen LogP contribution in [0.15, 0.2) is 55.1 Å². The molecule has 3 unspecified atom stereocenters. The van der Waals surface area contributed by atoms with Gasteiger partial charge >= 0.3 is 0 Å². The van der Waals surface area contributed by atoms with Gasteiger partial charge in [0.2, 0.25) is 5.91 Å². The van der Waals surface area contributed by atoms with Crippen molar-refractivity contribution < 1.29 is 14.1 Å². The van der Waals surface area contributed by atoms with Crippen LogP contribution in [0.25, 0.3) is 0 Å². The van der Waals surface area contributed by atoms with Crippen molar-refractivity contribution in [2.45, 2.75) is 12.5 Å². The van der Waals surface area contributed by atoms with E-state index < -0.39 is 19.6 Å². The Bertz CT molecular complexity index is 1110. The van der Waals surface area contributed by atoms with Gasteiger partial charge in [-0.1, -0.05) is 18.7 Å². The predicted octanol–water partition coefficient (Wildman–Crippen LogP) is 2.53. The molecule has 0 spiro atoms. The van der Waals surface area contributed by atoms with Crippen LogP contribution in [-0.2, 0) is 9.36 Å². The second-order valence-corrected chi connectivity index (χ2v) is 11.2. The molecular weight excluding hydrogens is 439 g/mol. The lowest BCUT2D eigenvalue weighted by molar-refractivity contribution is -0.111. The quantitative estimate of drug-likeness (QED) is 0.296. The summed E-state index contributed by atoms with van der Waals surface area (Å²) in [5.41, 5.74) is 1.96. The van der Waals surface area contributed by atoms with E-state index in [1.165, 1.54) is 6.08 Å². The third-order valence-corrected chi connectivity index (χ3v) is 6.75. The molecule has 2 aromatic carbocycles. The average Bonchev–Trinajstić information content (AvgIpc) is 2.79. The Balaban J connectivity index is 1.80. The number of carbonyl (C=O) groups is 1. The van der Waals surface area contributed by atoms with Gasteiger partial charge in [-0.05, 0) is 49.7 Å². The monoisotopic (exact) mass is 468 g/mol. The van der Waals surface area contributed by atoms with Crippen LogP contribution in [0.4, 0.5) is 17.1 Å². The van der Waals surface area contributed by atoms with Crippen molar-refractivity contribution in [1.82, 2.24) is 10.6 Å². The third-order valence-electron chi connectivity index (χ3n) is 5.20. The summed E-state index contributed by atoms with van der Waals surface area (Å²) in [6.45, 7) is 7.33. The molecule has 33 heavy (non-hydrogen) atoms. The molecule has 10 heteroatoms. The molecule has 0 saturated carbocycles. The zero-order chi connectivity index (χ0) is 24.0. The van der Waals surface area contributed by atoms with Crippen LogP contribution in [0.3, 0.4) is 0 Å². The molecule has 0 aliphatic carbocycles. The summed E-state index contributed by atoms with van der Waals surface area (Å²) in [6, 6.07) is 15.0. The molecule has 1 saturated heterocycles. The molecular formula is C23H29N6O3P. The Labute approximate surface area is 194 Å². The maximum atomic E-state index is 12.7. The number of rotatable bonds is 8. The van der Waals surface area contributed by atoms with Gasteiger partial charge in [-0.15, -0.1) is 0 Å².